The van der Waals surface area contributed by atoms with Gasteiger partial charge >= 0.3 is 0 Å². The molecule has 9 heteroatoms. The van der Waals surface area contributed by atoms with E-state index >= 15 is 0 Å². The number of ether oxygens (including phenoxy) is 1. The van der Waals surface area contributed by atoms with Crippen LogP contribution in [0.2, 0.25) is 0 Å². The maximum Gasteiger partial charge on any atom is 0.258 e. The molecule has 7 nitrogen and oxygen atoms in total. The summed E-state index contributed by atoms with van der Waals surface area (Å²) in [4.78, 5) is 13.0. The molecule has 2 aromatic heterocycles. The van der Waals surface area contributed by atoms with Gasteiger partial charge in [0.1, 0.15) is 11.6 Å². The second-order valence-electron chi connectivity index (χ2n) is 9.39. The van der Waals surface area contributed by atoms with Gasteiger partial charge in [-0.25, -0.2) is 12.8 Å². The third-order valence-electron chi connectivity index (χ3n) is 6.25. The lowest BCUT2D eigenvalue weighted by molar-refractivity contribution is 0.299. The quantitative estimate of drug-likeness (QED) is 0.386. The number of hydrogen-bond acceptors (Lipinski definition) is 5. The Morgan fingerprint density at radius 1 is 1.06 bits per heavy atom. The first-order valence-electron chi connectivity index (χ1n) is 11.3. The van der Waals surface area contributed by atoms with Gasteiger partial charge in [-0.2, -0.15) is 5.10 Å². The maximum atomic E-state index is 15.0. The van der Waals surface area contributed by atoms with E-state index in [1.54, 1.807) is 30.2 Å². The summed E-state index contributed by atoms with van der Waals surface area (Å²) in [6, 6.07) is 8.35. The molecule has 0 unspecified atom stereocenters. The number of hydrogen-bond donors (Lipinski definition) is 0. The molecule has 0 atom stereocenters. The van der Waals surface area contributed by atoms with Crippen LogP contribution in [0, 0.1) is 11.7 Å². The van der Waals surface area contributed by atoms with E-state index in [4.69, 9.17) is 4.74 Å². The summed E-state index contributed by atoms with van der Waals surface area (Å²) in [5.74, 6) is -0.288. The summed E-state index contributed by atoms with van der Waals surface area (Å²) in [7, 11) is 0.0188. The molecule has 1 aliphatic carbocycles. The molecule has 0 spiro atoms. The summed E-state index contributed by atoms with van der Waals surface area (Å²) in [5, 5.41) is 5.40. The number of rotatable bonds is 7. The molecule has 5 rings (SSSR count). The molecule has 2 aromatic carbocycles. The summed E-state index contributed by atoms with van der Waals surface area (Å²) in [6.45, 7) is 0.461. The lowest BCUT2D eigenvalue weighted by atomic mass is 9.95. The zero-order valence-electron chi connectivity index (χ0n) is 19.8. The van der Waals surface area contributed by atoms with Gasteiger partial charge < -0.3 is 9.30 Å². The van der Waals surface area contributed by atoms with Crippen LogP contribution in [0.15, 0.2) is 53.7 Å². The molecule has 1 fully saturated rings. The Kier molecular flexibility index (Phi) is 5.75. The molecule has 0 N–H and O–H groups in total. The predicted octanol–water partition coefficient (Wildman–Crippen LogP) is 4.08. The van der Waals surface area contributed by atoms with Crippen molar-refractivity contribution in [2.45, 2.75) is 18.6 Å². The van der Waals surface area contributed by atoms with Gasteiger partial charge in [0, 0.05) is 66.5 Å². The first kappa shape index (κ1) is 23.3. The van der Waals surface area contributed by atoms with Crippen molar-refractivity contribution in [2.75, 3.05) is 12.9 Å². The fourth-order valence-corrected chi connectivity index (χ4v) is 5.03. The van der Waals surface area contributed by atoms with Crippen LogP contribution >= 0.6 is 0 Å². The van der Waals surface area contributed by atoms with Gasteiger partial charge in [-0.15, -0.1) is 0 Å². The number of nitrogens with zero attached hydrogens (tertiary/aromatic N) is 3. The molecule has 0 amide bonds. The first-order chi connectivity index (χ1) is 16.6. The van der Waals surface area contributed by atoms with Gasteiger partial charge in [-0.1, -0.05) is 6.07 Å². The summed E-state index contributed by atoms with van der Waals surface area (Å²) in [5.41, 5.74) is 2.87. The Morgan fingerprint density at radius 3 is 2.49 bits per heavy atom. The molecule has 35 heavy (non-hydrogen) atoms. The van der Waals surface area contributed by atoms with Crippen LogP contribution in [0.5, 0.6) is 5.75 Å². The SMILES string of the molecule is Cn1cc(-c2ccc3c(=O)n(C)cc(-c4cc(CS(C)(=O)=O)c(F)cc4OCC4CC4)c3c2)cn1. The van der Waals surface area contributed by atoms with Gasteiger partial charge in [-0.05, 0) is 47.9 Å². The normalized spacial score (nSPS) is 13.9. The van der Waals surface area contributed by atoms with E-state index in [1.165, 1.54) is 16.7 Å². The lowest BCUT2D eigenvalue weighted by Gasteiger charge is -2.17. The van der Waals surface area contributed by atoms with Crippen LogP contribution in [-0.2, 0) is 29.7 Å². The van der Waals surface area contributed by atoms with E-state index in [-0.39, 0.29) is 11.1 Å². The standard InChI is InChI=1S/C26H26FN3O4S/c1-29-13-23(21-8-17(6-7-20(21)26(29)31)19-11-28-30(2)12-19)22-9-18(15-35(3,32)33)24(27)10-25(22)34-14-16-4-5-16/h6-13,16H,4-5,14-15H2,1-3H3. The molecule has 4 aromatic rings. The topological polar surface area (TPSA) is 83.2 Å². The summed E-state index contributed by atoms with van der Waals surface area (Å²) >= 11 is 0. The van der Waals surface area contributed by atoms with E-state index in [2.05, 4.69) is 5.10 Å². The second kappa shape index (κ2) is 8.64. The predicted molar refractivity (Wildman–Crippen MR) is 134 cm³/mol. The van der Waals surface area contributed by atoms with Gasteiger partial charge in [0.15, 0.2) is 9.84 Å². The Morgan fingerprint density at radius 2 is 1.83 bits per heavy atom. The minimum Gasteiger partial charge on any atom is -0.493 e. The Hall–Kier alpha value is -3.46. The van der Waals surface area contributed by atoms with Crippen molar-refractivity contribution in [3.05, 3.63) is 70.7 Å². The van der Waals surface area contributed by atoms with Crippen molar-refractivity contribution >= 4 is 20.6 Å². The average Bonchev–Trinajstić information content (AvgIpc) is 3.53. The molecule has 2 heterocycles. The van der Waals surface area contributed by atoms with Gasteiger partial charge in [0.05, 0.1) is 18.6 Å². The Balaban J connectivity index is 1.76. The molecular formula is C26H26FN3O4S. The number of benzene rings is 2. The number of aromatic nitrogens is 3. The highest BCUT2D eigenvalue weighted by atomic mass is 32.2. The smallest absolute Gasteiger partial charge is 0.258 e. The van der Waals surface area contributed by atoms with Crippen molar-refractivity contribution < 1.29 is 17.5 Å². The molecule has 0 aliphatic heterocycles. The third-order valence-corrected chi connectivity index (χ3v) is 7.08. The number of sulfone groups is 1. The monoisotopic (exact) mass is 495 g/mol. The number of pyridine rings is 1. The van der Waals surface area contributed by atoms with E-state index in [1.807, 2.05) is 25.4 Å². The maximum absolute atomic E-state index is 15.0. The molecule has 0 saturated heterocycles. The first-order valence-corrected chi connectivity index (χ1v) is 13.4. The van der Waals surface area contributed by atoms with Crippen LogP contribution in [0.3, 0.4) is 0 Å². The molecule has 1 saturated carbocycles. The molecular weight excluding hydrogens is 469 g/mol. The minimum atomic E-state index is -3.47. The van der Waals surface area contributed by atoms with E-state index in [9.17, 15) is 17.6 Å². The number of aryl methyl sites for hydroxylation is 2. The van der Waals surface area contributed by atoms with Gasteiger partial charge in [0.25, 0.3) is 5.56 Å². The van der Waals surface area contributed by atoms with Gasteiger partial charge in [0.2, 0.25) is 0 Å². The van der Waals surface area contributed by atoms with Crippen LogP contribution in [0.4, 0.5) is 4.39 Å². The van der Waals surface area contributed by atoms with Crippen molar-refractivity contribution in [3.8, 4) is 28.0 Å². The largest absolute Gasteiger partial charge is 0.493 e. The highest BCUT2D eigenvalue weighted by Gasteiger charge is 2.24. The van der Waals surface area contributed by atoms with Crippen molar-refractivity contribution in [1.29, 1.82) is 0 Å². The molecule has 0 bridgehead atoms. The number of fused-ring (bicyclic) bond motifs is 1. The Labute approximate surface area is 202 Å². The number of halogens is 1. The minimum absolute atomic E-state index is 0.0617. The van der Waals surface area contributed by atoms with Crippen molar-refractivity contribution in [3.63, 3.8) is 0 Å². The molecule has 0 radical (unpaired) electrons. The third kappa shape index (κ3) is 4.86. The van der Waals surface area contributed by atoms with Crippen LogP contribution < -0.4 is 10.3 Å². The highest BCUT2D eigenvalue weighted by Crippen LogP contribution is 2.39. The lowest BCUT2D eigenvalue weighted by Crippen LogP contribution is -2.17. The van der Waals surface area contributed by atoms with Crippen LogP contribution in [-0.4, -0.2) is 35.6 Å². The average molecular weight is 496 g/mol. The summed E-state index contributed by atoms with van der Waals surface area (Å²) < 4.78 is 48.1. The van der Waals surface area contributed by atoms with E-state index < -0.39 is 21.4 Å². The zero-order valence-corrected chi connectivity index (χ0v) is 20.6. The summed E-state index contributed by atoms with van der Waals surface area (Å²) in [6.07, 6.45) is 8.54. The van der Waals surface area contributed by atoms with E-state index in [0.717, 1.165) is 30.2 Å². The molecule has 182 valence electrons. The fraction of sp³-hybridized carbons (Fsp3) is 0.308. The zero-order chi connectivity index (χ0) is 24.9. The fourth-order valence-electron chi connectivity index (χ4n) is 4.24. The second-order valence-corrected chi connectivity index (χ2v) is 11.5. The van der Waals surface area contributed by atoms with E-state index in [0.29, 0.717) is 40.2 Å². The highest BCUT2D eigenvalue weighted by molar-refractivity contribution is 7.89. The van der Waals surface area contributed by atoms with Crippen LogP contribution in [0.25, 0.3) is 33.0 Å². The Bertz CT molecular complexity index is 1620. The molecule has 1 aliphatic rings. The van der Waals surface area contributed by atoms with Crippen molar-refractivity contribution in [1.82, 2.24) is 14.3 Å². The van der Waals surface area contributed by atoms with Crippen LogP contribution in [0.1, 0.15) is 18.4 Å². The van der Waals surface area contributed by atoms with Gasteiger partial charge in [-0.3, -0.25) is 9.48 Å². The van der Waals surface area contributed by atoms with Crippen molar-refractivity contribution in [2.24, 2.45) is 20.0 Å².